The molecule has 64 heavy (non-hydrogen) atoms. The third kappa shape index (κ3) is 9.59. The number of amides is 3. The Kier molecular flexibility index (Phi) is 13.5. The quantitative estimate of drug-likeness (QED) is 0.0914. The Morgan fingerprint density at radius 1 is 0.938 bits per heavy atom. The first-order valence-electron chi connectivity index (χ1n) is 22.3. The maximum absolute atomic E-state index is 13.3. The number of aromatic nitrogens is 2. The van der Waals surface area contributed by atoms with Gasteiger partial charge in [0.05, 0.1) is 31.2 Å². The number of aryl methyl sites for hydroxylation is 1. The molecule has 3 N–H and O–H groups in total. The van der Waals surface area contributed by atoms with E-state index in [9.17, 15) is 18.9 Å². The van der Waals surface area contributed by atoms with E-state index in [-0.39, 0.29) is 24.8 Å². The maximum Gasteiger partial charge on any atom is 0.255 e. The summed E-state index contributed by atoms with van der Waals surface area (Å²) in [6, 6.07) is 17.7. The lowest BCUT2D eigenvalue weighted by molar-refractivity contribution is -0.136. The molecule has 4 aliphatic rings. The summed E-state index contributed by atoms with van der Waals surface area (Å²) in [5, 5.41) is 10.1. The molecule has 3 fully saturated rings. The van der Waals surface area contributed by atoms with Crippen LogP contribution in [0.1, 0.15) is 67.9 Å². The summed E-state index contributed by atoms with van der Waals surface area (Å²) >= 11 is 6.54. The van der Waals surface area contributed by atoms with Crippen LogP contribution in [-0.4, -0.2) is 126 Å². The number of piperazine rings is 1. The summed E-state index contributed by atoms with van der Waals surface area (Å²) < 4.78 is 25.3. The number of rotatable bonds is 14. The topological polar surface area (TPSA) is 162 Å². The number of nitrogens with zero attached hydrogens (tertiary/aromatic N) is 6. The lowest BCUT2D eigenvalue weighted by Crippen LogP contribution is -2.60. The Hall–Kier alpha value is -5.21. The van der Waals surface area contributed by atoms with Gasteiger partial charge in [-0.15, -0.1) is 0 Å². The van der Waals surface area contributed by atoms with Gasteiger partial charge in [0.15, 0.2) is 5.82 Å². The highest BCUT2D eigenvalue weighted by Gasteiger charge is 2.40. The fourth-order valence-corrected chi connectivity index (χ4v) is 11.1. The minimum absolute atomic E-state index is 0.198. The minimum Gasteiger partial charge on any atom is -0.494 e. The zero-order chi connectivity index (χ0) is 45.3. The number of methoxy groups -OCH3 is 1. The summed E-state index contributed by atoms with van der Waals surface area (Å²) in [6.45, 7) is 15.6. The van der Waals surface area contributed by atoms with Gasteiger partial charge in [0.2, 0.25) is 17.8 Å². The Bertz CT molecular complexity index is 2450. The molecule has 3 saturated heterocycles. The predicted octanol–water partition coefficient (Wildman–Crippen LogP) is 6.64. The monoisotopic (exact) mass is 911 g/mol. The third-order valence-electron chi connectivity index (χ3n) is 13.1. The number of carbonyl (C=O) groups excluding carboxylic acids is 3. The number of hydrogen-bond acceptors (Lipinski definition) is 13. The maximum atomic E-state index is 13.3. The van der Waals surface area contributed by atoms with E-state index in [2.05, 4.69) is 68.5 Å². The fraction of sp³-hybridized carbons (Fsp3) is 0.468. The molecule has 3 unspecified atom stereocenters. The number of imide groups is 1. The largest absolute Gasteiger partial charge is 0.494 e. The smallest absolute Gasteiger partial charge is 0.255 e. The number of anilines is 5. The summed E-state index contributed by atoms with van der Waals surface area (Å²) in [5.41, 5.74) is 5.16. The van der Waals surface area contributed by atoms with Gasteiger partial charge in [-0.3, -0.25) is 29.5 Å². The van der Waals surface area contributed by atoms with Crippen molar-refractivity contribution in [3.05, 3.63) is 82.5 Å². The Morgan fingerprint density at radius 3 is 2.39 bits per heavy atom. The number of fused-ring (bicyclic) bond motifs is 1. The van der Waals surface area contributed by atoms with Gasteiger partial charge in [0.1, 0.15) is 36.3 Å². The van der Waals surface area contributed by atoms with Gasteiger partial charge < -0.3 is 34.5 Å². The average Bonchev–Trinajstić information content (AvgIpc) is 3.61. The molecule has 0 aliphatic carbocycles. The average molecular weight is 912 g/mol. The van der Waals surface area contributed by atoms with Crippen molar-refractivity contribution in [3.8, 4) is 11.5 Å². The van der Waals surface area contributed by atoms with Gasteiger partial charge in [-0.2, -0.15) is 4.98 Å². The second kappa shape index (κ2) is 19.1. The minimum atomic E-state index is -2.56. The van der Waals surface area contributed by atoms with Gasteiger partial charge in [-0.1, -0.05) is 36.7 Å². The number of benzene rings is 3. The standard InChI is InChI=1S/C47H59ClN9O6P/c1-7-31-23-37(51-47-49-25-35(48)44(53-47)50-36-12-8-9-14-42(36)64(5,6)61)41(62-4)24-39(31)54-19-17-32(18-20-54)55-26-29(2)56(30(3)27-55)21-22-63-40-13-10-11-33-34(40)28-57(46(33)60)38-15-16-43(58)52-45(38)59/h8-14,23-25,29-30,32,38H,7,15-22,26-28H2,1-6H3,(H,52,58,59)(H2,49,50,51,53). The molecule has 5 heterocycles. The highest BCUT2D eigenvalue weighted by Crippen LogP contribution is 2.40. The van der Waals surface area contributed by atoms with Crippen LogP contribution in [0, 0.1) is 0 Å². The second-order valence-corrected chi connectivity index (χ2v) is 21.3. The van der Waals surface area contributed by atoms with Crippen LogP contribution in [-0.2, 0) is 27.1 Å². The van der Waals surface area contributed by atoms with Crippen molar-refractivity contribution in [1.29, 1.82) is 0 Å². The first kappa shape index (κ1) is 45.4. The molecule has 0 spiro atoms. The molecule has 1 aromatic heterocycles. The van der Waals surface area contributed by atoms with Gasteiger partial charge in [-0.25, -0.2) is 4.98 Å². The summed E-state index contributed by atoms with van der Waals surface area (Å²) in [5.74, 6) is 1.20. The molecule has 340 valence electrons. The van der Waals surface area contributed by atoms with Crippen molar-refractivity contribution >= 4 is 70.6 Å². The SMILES string of the molecule is CCc1cc(Nc2ncc(Cl)c(Nc3ccccc3P(C)(C)=O)n2)c(OC)cc1N1CCC(N2CC(C)N(CCOc3cccc4c3CN(C3CCC(=O)NC3=O)C4=O)C(C)C2)CC1. The van der Waals surface area contributed by atoms with Gasteiger partial charge >= 0.3 is 0 Å². The molecule has 17 heteroatoms. The van der Waals surface area contributed by atoms with E-state index in [4.69, 9.17) is 26.1 Å². The molecular weight excluding hydrogens is 853 g/mol. The summed E-state index contributed by atoms with van der Waals surface area (Å²) in [7, 11) is -0.892. The highest BCUT2D eigenvalue weighted by molar-refractivity contribution is 7.70. The Labute approximate surface area is 380 Å². The normalized spacial score (nSPS) is 21.2. The highest BCUT2D eigenvalue weighted by atomic mass is 35.5. The number of piperidine rings is 2. The van der Waals surface area contributed by atoms with Crippen LogP contribution < -0.4 is 35.6 Å². The Morgan fingerprint density at radius 2 is 1.69 bits per heavy atom. The molecule has 4 aliphatic heterocycles. The van der Waals surface area contributed by atoms with Crippen LogP contribution in [0.25, 0.3) is 0 Å². The zero-order valence-electron chi connectivity index (χ0n) is 37.5. The molecule has 8 rings (SSSR count). The molecule has 3 atom stereocenters. The fourth-order valence-electron chi connectivity index (χ4n) is 9.83. The van der Waals surface area contributed by atoms with E-state index in [1.54, 1.807) is 37.6 Å². The number of nitrogens with one attached hydrogen (secondary N) is 3. The number of carbonyl (C=O) groups is 3. The van der Waals surface area contributed by atoms with Crippen LogP contribution >= 0.6 is 18.7 Å². The van der Waals surface area contributed by atoms with Crippen molar-refractivity contribution in [2.75, 3.05) is 75.3 Å². The van der Waals surface area contributed by atoms with E-state index in [1.807, 2.05) is 36.4 Å². The predicted molar refractivity (Wildman–Crippen MR) is 252 cm³/mol. The van der Waals surface area contributed by atoms with E-state index in [1.165, 1.54) is 11.3 Å². The summed E-state index contributed by atoms with van der Waals surface area (Å²) in [4.78, 5) is 56.0. The number of ether oxygens (including phenoxy) is 2. The van der Waals surface area contributed by atoms with Crippen molar-refractivity contribution in [3.63, 3.8) is 0 Å². The number of halogens is 1. The van der Waals surface area contributed by atoms with Crippen molar-refractivity contribution < 1.29 is 28.4 Å². The van der Waals surface area contributed by atoms with E-state index in [0.717, 1.165) is 68.5 Å². The molecular formula is C47H59ClN9O6P. The molecule has 3 aromatic carbocycles. The molecule has 3 amide bonds. The number of hydrogen-bond donors (Lipinski definition) is 3. The van der Waals surface area contributed by atoms with Crippen LogP contribution in [0.3, 0.4) is 0 Å². The van der Waals surface area contributed by atoms with Crippen LogP contribution in [0.4, 0.5) is 28.8 Å². The van der Waals surface area contributed by atoms with E-state index < -0.39 is 19.1 Å². The van der Waals surface area contributed by atoms with E-state index >= 15 is 0 Å². The van der Waals surface area contributed by atoms with E-state index in [0.29, 0.717) is 70.7 Å². The Balaban J connectivity index is 0.855. The molecule has 0 radical (unpaired) electrons. The van der Waals surface area contributed by atoms with Gasteiger partial charge in [0, 0.05) is 85.5 Å². The molecule has 4 aromatic rings. The van der Waals surface area contributed by atoms with Crippen molar-refractivity contribution in [2.45, 2.75) is 83.6 Å². The lowest BCUT2D eigenvalue weighted by atomic mass is 9.97. The third-order valence-corrected chi connectivity index (χ3v) is 14.9. The van der Waals surface area contributed by atoms with Crippen LogP contribution in [0.2, 0.25) is 5.02 Å². The summed E-state index contributed by atoms with van der Waals surface area (Å²) in [6.07, 6.45) is 5.05. The lowest BCUT2D eigenvalue weighted by Gasteiger charge is -2.49. The molecule has 0 bridgehead atoms. The van der Waals surface area contributed by atoms with Crippen LogP contribution in [0.5, 0.6) is 11.5 Å². The first-order valence-corrected chi connectivity index (χ1v) is 25.3. The van der Waals surface area contributed by atoms with Crippen molar-refractivity contribution in [2.24, 2.45) is 0 Å². The molecule has 15 nitrogen and oxygen atoms in total. The number of para-hydroxylation sites is 1. The zero-order valence-corrected chi connectivity index (χ0v) is 39.2. The van der Waals surface area contributed by atoms with Crippen LogP contribution in [0.15, 0.2) is 60.8 Å². The van der Waals surface area contributed by atoms with Gasteiger partial charge in [0.25, 0.3) is 5.91 Å². The second-order valence-electron chi connectivity index (χ2n) is 17.7. The van der Waals surface area contributed by atoms with Gasteiger partial charge in [-0.05, 0) is 88.8 Å². The van der Waals surface area contributed by atoms with Crippen molar-refractivity contribution in [1.82, 2.24) is 30.0 Å². The molecule has 0 saturated carbocycles. The first-order chi connectivity index (χ1) is 30.7.